The molecule has 1 heterocycles. The highest BCUT2D eigenvalue weighted by atomic mass is 32.2. The lowest BCUT2D eigenvalue weighted by molar-refractivity contribution is 0.315. The van der Waals surface area contributed by atoms with Crippen molar-refractivity contribution in [2.75, 3.05) is 11.5 Å². The van der Waals surface area contributed by atoms with Crippen LogP contribution >= 0.6 is 11.8 Å². The van der Waals surface area contributed by atoms with Gasteiger partial charge in [-0.05, 0) is 23.8 Å². The van der Waals surface area contributed by atoms with Crippen LogP contribution < -0.4 is 5.73 Å². The third kappa shape index (κ3) is 2.10. The van der Waals surface area contributed by atoms with Crippen LogP contribution in [0.3, 0.4) is 0 Å². The summed E-state index contributed by atoms with van der Waals surface area (Å²) in [4.78, 5) is 0. The first-order chi connectivity index (χ1) is 4.83. The number of nitrogens with two attached hydrogens (primary N) is 1. The number of rotatable bonds is 2. The van der Waals surface area contributed by atoms with Crippen LogP contribution in [0.15, 0.2) is 5.16 Å². The van der Waals surface area contributed by atoms with Gasteiger partial charge >= 0.3 is 0 Å². The minimum Gasteiger partial charge on any atom is -0.409 e. The molecule has 0 aromatic rings. The van der Waals surface area contributed by atoms with Crippen molar-refractivity contribution in [1.82, 2.24) is 0 Å². The van der Waals surface area contributed by atoms with Gasteiger partial charge in [-0.1, -0.05) is 5.16 Å². The summed E-state index contributed by atoms with van der Waals surface area (Å²) in [6.45, 7) is 0. The molecule has 1 rings (SSSR count). The predicted molar refractivity (Wildman–Crippen MR) is 43.5 cm³/mol. The normalized spacial score (nSPS) is 27.2. The molecule has 58 valence electrons. The molecule has 0 saturated carbocycles. The van der Waals surface area contributed by atoms with E-state index in [1.807, 2.05) is 11.8 Å². The van der Waals surface area contributed by atoms with Gasteiger partial charge in [-0.3, -0.25) is 0 Å². The summed E-state index contributed by atoms with van der Waals surface area (Å²) in [5.74, 6) is 3.40. The third-order valence-electron chi connectivity index (χ3n) is 1.65. The molecular formula is C6H12N2OS. The van der Waals surface area contributed by atoms with Gasteiger partial charge in [0, 0.05) is 6.42 Å². The van der Waals surface area contributed by atoms with E-state index in [2.05, 4.69) is 5.16 Å². The van der Waals surface area contributed by atoms with Gasteiger partial charge in [-0.15, -0.1) is 0 Å². The Labute approximate surface area is 64.7 Å². The Balaban J connectivity index is 2.24. The Morgan fingerprint density at radius 1 is 1.80 bits per heavy atom. The number of thioether (sulfide) groups is 1. The quantitative estimate of drug-likeness (QED) is 0.273. The molecule has 0 aromatic carbocycles. The van der Waals surface area contributed by atoms with E-state index in [1.54, 1.807) is 0 Å². The first-order valence-electron chi connectivity index (χ1n) is 3.37. The van der Waals surface area contributed by atoms with Gasteiger partial charge in [0.1, 0.15) is 5.84 Å². The number of nitrogens with zero attached hydrogens (tertiary/aromatic N) is 1. The van der Waals surface area contributed by atoms with Crippen molar-refractivity contribution >= 4 is 17.6 Å². The van der Waals surface area contributed by atoms with Gasteiger partial charge in [0.05, 0.1) is 0 Å². The molecule has 10 heavy (non-hydrogen) atoms. The molecule has 0 aromatic heterocycles. The van der Waals surface area contributed by atoms with Crippen molar-refractivity contribution in [3.05, 3.63) is 0 Å². The second-order valence-electron chi connectivity index (χ2n) is 2.53. The molecule has 0 bridgehead atoms. The van der Waals surface area contributed by atoms with E-state index in [4.69, 9.17) is 10.9 Å². The number of hydrogen-bond acceptors (Lipinski definition) is 3. The summed E-state index contributed by atoms with van der Waals surface area (Å²) in [5.41, 5.74) is 5.34. The van der Waals surface area contributed by atoms with Crippen LogP contribution in [0.25, 0.3) is 0 Å². The van der Waals surface area contributed by atoms with Crippen molar-refractivity contribution in [3.8, 4) is 0 Å². The van der Waals surface area contributed by atoms with Gasteiger partial charge in [0.2, 0.25) is 0 Å². The maximum absolute atomic E-state index is 8.25. The Kier molecular flexibility index (Phi) is 2.86. The molecular weight excluding hydrogens is 148 g/mol. The standard InChI is InChI=1S/C6H12N2OS/c7-6(8-9)3-5-1-2-10-4-5/h5,9H,1-4H2,(H2,7,8). The Morgan fingerprint density at radius 2 is 2.60 bits per heavy atom. The molecule has 0 aliphatic carbocycles. The van der Waals surface area contributed by atoms with Gasteiger partial charge in [-0.2, -0.15) is 11.8 Å². The lowest BCUT2D eigenvalue weighted by Crippen LogP contribution is -2.16. The van der Waals surface area contributed by atoms with Crippen molar-refractivity contribution in [1.29, 1.82) is 0 Å². The lowest BCUT2D eigenvalue weighted by atomic mass is 10.1. The van der Waals surface area contributed by atoms with Crippen LogP contribution in [0, 0.1) is 5.92 Å². The molecule has 1 aliphatic heterocycles. The molecule has 1 fully saturated rings. The van der Waals surface area contributed by atoms with Crippen molar-refractivity contribution < 1.29 is 5.21 Å². The maximum atomic E-state index is 8.25. The minimum absolute atomic E-state index is 0.368. The van der Waals surface area contributed by atoms with E-state index in [-0.39, 0.29) is 0 Å². The van der Waals surface area contributed by atoms with E-state index >= 15 is 0 Å². The van der Waals surface area contributed by atoms with Crippen LogP contribution in [0.4, 0.5) is 0 Å². The van der Waals surface area contributed by atoms with Crippen molar-refractivity contribution in [2.24, 2.45) is 16.8 Å². The van der Waals surface area contributed by atoms with E-state index in [1.165, 1.54) is 12.2 Å². The molecule has 3 N–H and O–H groups in total. The number of oxime groups is 1. The zero-order valence-electron chi connectivity index (χ0n) is 5.79. The zero-order chi connectivity index (χ0) is 7.40. The van der Waals surface area contributed by atoms with Gasteiger partial charge in [-0.25, -0.2) is 0 Å². The third-order valence-corrected chi connectivity index (χ3v) is 2.88. The van der Waals surface area contributed by atoms with E-state index in [0.717, 1.165) is 12.2 Å². The summed E-state index contributed by atoms with van der Waals surface area (Å²) < 4.78 is 0. The Bertz CT molecular complexity index is 132. The summed E-state index contributed by atoms with van der Waals surface area (Å²) in [6.07, 6.45) is 1.96. The highest BCUT2D eigenvalue weighted by molar-refractivity contribution is 7.99. The van der Waals surface area contributed by atoms with Crippen LogP contribution in [-0.2, 0) is 0 Å². The molecule has 1 saturated heterocycles. The predicted octanol–water partition coefficient (Wildman–Crippen LogP) is 0.876. The fourth-order valence-corrected chi connectivity index (χ4v) is 2.37. The molecule has 0 amide bonds. The number of hydrogen-bond donors (Lipinski definition) is 2. The van der Waals surface area contributed by atoms with Crippen LogP contribution in [0.5, 0.6) is 0 Å². The van der Waals surface area contributed by atoms with E-state index in [0.29, 0.717) is 11.8 Å². The van der Waals surface area contributed by atoms with Gasteiger partial charge in [0.25, 0.3) is 0 Å². The number of amidine groups is 1. The summed E-state index contributed by atoms with van der Waals surface area (Å²) >= 11 is 1.94. The molecule has 0 spiro atoms. The Morgan fingerprint density at radius 3 is 3.10 bits per heavy atom. The molecule has 3 nitrogen and oxygen atoms in total. The summed E-state index contributed by atoms with van der Waals surface area (Å²) in [6, 6.07) is 0. The van der Waals surface area contributed by atoms with Crippen LogP contribution in [-0.4, -0.2) is 22.5 Å². The first kappa shape index (κ1) is 7.72. The van der Waals surface area contributed by atoms with E-state index < -0.39 is 0 Å². The van der Waals surface area contributed by atoms with Crippen LogP contribution in [0.2, 0.25) is 0 Å². The second-order valence-corrected chi connectivity index (χ2v) is 3.67. The average molecular weight is 160 g/mol. The molecule has 0 radical (unpaired) electrons. The molecule has 1 aliphatic rings. The van der Waals surface area contributed by atoms with Gasteiger partial charge < -0.3 is 10.9 Å². The zero-order valence-corrected chi connectivity index (χ0v) is 6.60. The van der Waals surface area contributed by atoms with E-state index in [9.17, 15) is 0 Å². The Hall–Kier alpha value is -0.380. The second kappa shape index (κ2) is 3.71. The molecule has 1 atom stereocenters. The summed E-state index contributed by atoms with van der Waals surface area (Å²) in [5, 5.41) is 11.2. The van der Waals surface area contributed by atoms with Crippen molar-refractivity contribution in [2.45, 2.75) is 12.8 Å². The molecule has 4 heteroatoms. The van der Waals surface area contributed by atoms with Gasteiger partial charge in [0.15, 0.2) is 0 Å². The monoisotopic (exact) mass is 160 g/mol. The fourth-order valence-electron chi connectivity index (χ4n) is 1.08. The lowest BCUT2D eigenvalue weighted by Gasteiger charge is -2.04. The maximum Gasteiger partial charge on any atom is 0.139 e. The largest absolute Gasteiger partial charge is 0.409 e. The van der Waals surface area contributed by atoms with Crippen molar-refractivity contribution in [3.63, 3.8) is 0 Å². The smallest absolute Gasteiger partial charge is 0.139 e. The van der Waals surface area contributed by atoms with Crippen LogP contribution in [0.1, 0.15) is 12.8 Å². The SMILES string of the molecule is N/C(CC1CCSC1)=N\O. The minimum atomic E-state index is 0.368. The highest BCUT2D eigenvalue weighted by Gasteiger charge is 2.16. The fraction of sp³-hybridized carbons (Fsp3) is 0.833. The summed E-state index contributed by atoms with van der Waals surface area (Å²) in [7, 11) is 0. The topological polar surface area (TPSA) is 58.6 Å². The highest BCUT2D eigenvalue weighted by Crippen LogP contribution is 2.25. The molecule has 1 unspecified atom stereocenters. The average Bonchev–Trinajstić information content (AvgIpc) is 2.40. The first-order valence-corrected chi connectivity index (χ1v) is 4.52.